The smallest absolute Gasteiger partial charge is 0.200 e. The van der Waals surface area contributed by atoms with Crippen LogP contribution >= 0.6 is 0 Å². The maximum atomic E-state index is 14.5. The molecule has 1 heterocycles. The van der Waals surface area contributed by atoms with Crippen molar-refractivity contribution in [3.8, 4) is 34.5 Å². The third-order valence-electron chi connectivity index (χ3n) is 13.2. The number of nitrogens with two attached hydrogens (primary N) is 1. The summed E-state index contributed by atoms with van der Waals surface area (Å²) in [4.78, 5) is 19.2. The summed E-state index contributed by atoms with van der Waals surface area (Å²) in [6, 6.07) is 23.8. The first kappa shape index (κ1) is 39.4. The highest BCUT2D eigenvalue weighted by Gasteiger charge is 2.57. The largest absolute Gasteiger partial charge is 0.508 e. The first-order valence-corrected chi connectivity index (χ1v) is 20.6. The van der Waals surface area contributed by atoms with Gasteiger partial charge in [0.2, 0.25) is 5.75 Å². The Balaban J connectivity index is 1.19. The number of aryl methyl sites for hydroxylation is 1. The highest BCUT2D eigenvalue weighted by molar-refractivity contribution is 5.83. The van der Waals surface area contributed by atoms with Crippen LogP contribution in [-0.4, -0.2) is 50.4 Å². The molecular formula is C48H53N2O8+. The van der Waals surface area contributed by atoms with Gasteiger partial charge < -0.3 is 35.0 Å². The van der Waals surface area contributed by atoms with Crippen LogP contribution in [0.2, 0.25) is 0 Å². The van der Waals surface area contributed by atoms with Gasteiger partial charge in [-0.2, -0.15) is 0 Å². The predicted octanol–water partition coefficient (Wildman–Crippen LogP) is 7.99. The van der Waals surface area contributed by atoms with Crippen molar-refractivity contribution in [2.24, 2.45) is 40.3 Å². The van der Waals surface area contributed by atoms with Crippen LogP contribution in [0.15, 0.2) is 95.6 Å². The zero-order valence-electron chi connectivity index (χ0n) is 32.8. The van der Waals surface area contributed by atoms with Crippen molar-refractivity contribution in [2.75, 3.05) is 6.73 Å². The van der Waals surface area contributed by atoms with Crippen molar-refractivity contribution in [3.63, 3.8) is 0 Å². The zero-order chi connectivity index (χ0) is 40.5. The molecule has 5 aliphatic rings. The van der Waals surface area contributed by atoms with Crippen LogP contribution in [-0.2, 0) is 24.2 Å². The lowest BCUT2D eigenvalue weighted by Gasteiger charge is -2.48. The molecule has 8 atom stereocenters. The van der Waals surface area contributed by atoms with Gasteiger partial charge in [0.15, 0.2) is 28.7 Å². The number of nitrogens with zero attached hydrogens (tertiary/aromatic N) is 1. The normalized spacial score (nSPS) is 25.8. The Kier molecular flexibility index (Phi) is 11.4. The topological polar surface area (TPSA) is 175 Å². The number of hydrogen-bond donors (Lipinski definition) is 6. The summed E-state index contributed by atoms with van der Waals surface area (Å²) in [6.45, 7) is 2.07. The predicted molar refractivity (Wildman–Crippen MR) is 221 cm³/mol. The molecule has 10 heteroatoms. The van der Waals surface area contributed by atoms with E-state index < -0.39 is 12.0 Å². The first-order valence-electron chi connectivity index (χ1n) is 20.6. The Morgan fingerprint density at radius 1 is 0.879 bits per heavy atom. The summed E-state index contributed by atoms with van der Waals surface area (Å²) >= 11 is 0. The van der Waals surface area contributed by atoms with Gasteiger partial charge in [-0.25, -0.2) is 0 Å². The number of aliphatic hydroxyl groups excluding tert-OH is 1. The van der Waals surface area contributed by atoms with E-state index in [2.05, 4.69) is 30.1 Å². The number of benzene rings is 4. The van der Waals surface area contributed by atoms with Crippen molar-refractivity contribution in [1.29, 1.82) is 0 Å². The molecule has 4 aromatic carbocycles. The molecule has 0 amide bonds. The number of phenols is 4. The lowest BCUT2D eigenvalue weighted by molar-refractivity contribution is -0.135. The van der Waals surface area contributed by atoms with Crippen molar-refractivity contribution in [3.05, 3.63) is 124 Å². The van der Waals surface area contributed by atoms with Crippen LogP contribution in [0.25, 0.3) is 0 Å². The monoisotopic (exact) mass is 785 g/mol. The molecule has 0 saturated heterocycles. The number of carbonyl (C=O) groups excluding carboxylic acids is 1. The van der Waals surface area contributed by atoms with E-state index in [0.29, 0.717) is 18.4 Å². The molecular weight excluding hydrogens is 733 g/mol. The van der Waals surface area contributed by atoms with Gasteiger partial charge in [-0.15, -0.1) is 4.99 Å². The van der Waals surface area contributed by atoms with E-state index in [4.69, 9.17) is 15.2 Å². The number of rotatable bonds is 14. The fourth-order valence-corrected chi connectivity index (χ4v) is 10.7. The Labute approximate surface area is 339 Å². The number of phenolic OH excluding ortho intramolecular Hbond substituents is 4. The van der Waals surface area contributed by atoms with Gasteiger partial charge in [0.05, 0.1) is 12.5 Å². The van der Waals surface area contributed by atoms with Gasteiger partial charge >= 0.3 is 0 Å². The summed E-state index contributed by atoms with van der Waals surface area (Å²) in [7, 11) is 0. The lowest BCUT2D eigenvalue weighted by atomic mass is 9.57. The fourth-order valence-electron chi connectivity index (χ4n) is 10.7. The van der Waals surface area contributed by atoms with Crippen molar-refractivity contribution >= 4 is 12.0 Å². The third kappa shape index (κ3) is 7.87. The second-order valence-electron chi connectivity index (χ2n) is 16.6. The highest BCUT2D eigenvalue weighted by Crippen LogP contribution is 2.64. The highest BCUT2D eigenvalue weighted by atomic mass is 16.5. The molecule has 58 heavy (non-hydrogen) atoms. The number of ketones is 1. The summed E-state index contributed by atoms with van der Waals surface area (Å²) in [5, 5.41) is 56.0. The van der Waals surface area contributed by atoms with E-state index >= 15 is 0 Å². The number of aliphatic hydroxyl groups is 1. The maximum Gasteiger partial charge on any atom is 0.200 e. The Bertz CT molecular complexity index is 2190. The van der Waals surface area contributed by atoms with E-state index in [1.165, 1.54) is 5.56 Å². The van der Waals surface area contributed by atoms with Gasteiger partial charge in [0.1, 0.15) is 43.1 Å². The summed E-state index contributed by atoms with van der Waals surface area (Å²) in [5.74, 6) is 0.0160. The summed E-state index contributed by atoms with van der Waals surface area (Å²) < 4.78 is 11.8. The van der Waals surface area contributed by atoms with Crippen LogP contribution in [0, 0.1) is 35.5 Å². The molecule has 0 radical (unpaired) electrons. The molecule has 7 N–H and O–H groups in total. The van der Waals surface area contributed by atoms with Gasteiger partial charge in [-0.05, 0) is 127 Å². The Morgan fingerprint density at radius 3 is 2.45 bits per heavy atom. The molecule has 0 aromatic heterocycles. The molecule has 9 rings (SSSR count). The van der Waals surface area contributed by atoms with E-state index in [1.54, 1.807) is 42.5 Å². The molecule has 2 bridgehead atoms. The summed E-state index contributed by atoms with van der Waals surface area (Å²) in [6.07, 6.45) is 8.11. The number of fused-ring (bicyclic) bond motifs is 1. The van der Waals surface area contributed by atoms with Gasteiger partial charge in [0, 0.05) is 24.3 Å². The van der Waals surface area contributed by atoms with Crippen LogP contribution in [0.4, 0.5) is 0 Å². The molecule has 1 aliphatic heterocycles. The minimum atomic E-state index is -0.950. The molecule has 0 unspecified atom stereocenters. The van der Waals surface area contributed by atoms with Crippen LogP contribution in [0.1, 0.15) is 85.1 Å². The second kappa shape index (κ2) is 16.8. The number of aromatic hydroxyl groups is 4. The molecule has 302 valence electrons. The quantitative estimate of drug-likeness (QED) is 0.0421. The molecule has 0 spiro atoms. The van der Waals surface area contributed by atoms with E-state index in [1.807, 2.05) is 30.5 Å². The van der Waals surface area contributed by atoms with E-state index in [0.717, 1.165) is 60.4 Å². The molecule has 2 fully saturated rings. The van der Waals surface area contributed by atoms with Gasteiger partial charge in [0.25, 0.3) is 0 Å². The third-order valence-corrected chi connectivity index (χ3v) is 13.2. The molecule has 4 aliphatic carbocycles. The average Bonchev–Trinajstić information content (AvgIpc) is 3.55. The van der Waals surface area contributed by atoms with Crippen LogP contribution < -0.4 is 15.2 Å². The molecule has 2 saturated carbocycles. The Morgan fingerprint density at radius 2 is 1.69 bits per heavy atom. The molecule has 10 nitrogen and oxygen atoms in total. The standard InChI is InChI=1S/C48H52N2O8/c1-2-34-17-30(24-50-34)16-31-21-37(39(52)13-11-28-12-14-40(53)42(19-28)58-26-49)46(55)45-36(31)22-33-20-32(15-27-7-4-3-5-8-27)43(45)38-23-41(54)47(56)48(44(33)38)57-25-29-9-6-10-35(51)18-29/h3-10,12,14,17-19,23-24,31-33,36-37,43,45-46,55H,2,11,13,15-16,20-22,25-26,49H2,1H3,(H3-,51,53,54,56)/p+1/t31-,32-,33-,36+,37-,43+,45-,46-/m0/s1. The number of ether oxygens (including phenoxy) is 2. The van der Waals surface area contributed by atoms with E-state index in [-0.39, 0.29) is 95.5 Å². The number of Topliss-reactive ketones (excluding diaryl/α,β-unsaturated/α-hetero) is 1. The van der Waals surface area contributed by atoms with Crippen molar-refractivity contribution in [1.82, 2.24) is 0 Å². The Hall–Kier alpha value is -5.45. The zero-order valence-corrected chi connectivity index (χ0v) is 32.8. The minimum absolute atomic E-state index is 0.0116. The van der Waals surface area contributed by atoms with Gasteiger partial charge in [-0.3, -0.25) is 10.5 Å². The van der Waals surface area contributed by atoms with Crippen molar-refractivity contribution < 1.29 is 39.8 Å². The van der Waals surface area contributed by atoms with Gasteiger partial charge in [-0.1, -0.05) is 48.5 Å². The van der Waals surface area contributed by atoms with Crippen LogP contribution in [0.3, 0.4) is 0 Å². The van der Waals surface area contributed by atoms with Crippen LogP contribution in [0.5, 0.6) is 34.5 Å². The maximum absolute atomic E-state index is 14.5. The second-order valence-corrected chi connectivity index (χ2v) is 16.6. The number of carbonyl (C=O) groups is 1. The number of aliphatic imine (C=N–C) groups is 1. The first-order chi connectivity index (χ1) is 28.1. The van der Waals surface area contributed by atoms with Crippen molar-refractivity contribution in [2.45, 2.75) is 82.8 Å². The SMILES string of the molecule is CCC1=C[C+](C[C@H]2C[C@@H](C(=O)CCc3ccc(O)c(OCN)c3)[C@H](O)[C@H]3[C@@H]2C[C@@H]2C[C@H](Cc4ccccc4)[C@@H]3c3cc(O)c(O)c(OCc4cccc(O)c4)c32)C=N1. The fraction of sp³-hybridized carbons (Fsp3) is 0.396. The lowest BCUT2D eigenvalue weighted by Crippen LogP contribution is -2.49. The average molecular weight is 786 g/mol. The molecule has 4 aromatic rings. The number of allylic oxidation sites excluding steroid dienone is 2. The number of hydrogen-bond acceptors (Lipinski definition) is 10. The van der Waals surface area contributed by atoms with E-state index in [9.17, 15) is 30.3 Å². The summed E-state index contributed by atoms with van der Waals surface area (Å²) in [5.41, 5.74) is 11.0. The minimum Gasteiger partial charge on any atom is -0.508 e.